The molecule has 43 heavy (non-hydrogen) atoms. The molecule has 2 aliphatic rings. The Bertz CT molecular complexity index is 1220. The highest BCUT2D eigenvalue weighted by Gasteiger charge is 2.52. The van der Waals surface area contributed by atoms with Crippen LogP contribution in [0.1, 0.15) is 70.4 Å². The van der Waals surface area contributed by atoms with E-state index >= 15 is 0 Å². The van der Waals surface area contributed by atoms with Crippen molar-refractivity contribution in [2.45, 2.75) is 78.1 Å². The molecule has 0 radical (unpaired) electrons. The smallest absolute Gasteiger partial charge is 0.460 e. The molecule has 0 heterocycles. The molecule has 0 saturated heterocycles. The van der Waals surface area contributed by atoms with Crippen molar-refractivity contribution in [2.75, 3.05) is 19.6 Å². The fourth-order valence-electron chi connectivity index (χ4n) is 6.17. The molecule has 4 rings (SSSR count). The van der Waals surface area contributed by atoms with Crippen LogP contribution in [0.5, 0.6) is 0 Å². The number of carbonyl (C=O) groups excluding carboxylic acids is 2. The van der Waals surface area contributed by atoms with Gasteiger partial charge < -0.3 is 15.0 Å². The topological polar surface area (TPSA) is 58.6 Å². The van der Waals surface area contributed by atoms with Crippen LogP contribution in [0.4, 0.5) is 13.2 Å². The molecule has 234 valence electrons. The zero-order valence-electron chi connectivity index (χ0n) is 25.5. The van der Waals surface area contributed by atoms with E-state index in [2.05, 4.69) is 11.4 Å². The number of rotatable bonds is 13. The summed E-state index contributed by atoms with van der Waals surface area (Å²) in [6.07, 6.45) is 1.84. The van der Waals surface area contributed by atoms with E-state index in [0.717, 1.165) is 60.2 Å². The number of carbonyl (C=O) groups is 2. The molecule has 0 unspecified atom stereocenters. The monoisotopic (exact) mass is 598 g/mol. The summed E-state index contributed by atoms with van der Waals surface area (Å²) in [5, 5.41) is 3.42. The summed E-state index contributed by atoms with van der Waals surface area (Å²) >= 11 is 0. The van der Waals surface area contributed by atoms with Crippen molar-refractivity contribution >= 4 is 18.0 Å². The lowest BCUT2D eigenvalue weighted by Crippen LogP contribution is -2.46. The fraction of sp³-hybridized carbons (Fsp3) is 0.543. The van der Waals surface area contributed by atoms with Gasteiger partial charge in [-0.05, 0) is 81.9 Å². The van der Waals surface area contributed by atoms with Crippen molar-refractivity contribution in [1.29, 1.82) is 0 Å². The molecule has 2 aliphatic carbocycles. The predicted molar refractivity (Wildman–Crippen MR) is 163 cm³/mol. The summed E-state index contributed by atoms with van der Waals surface area (Å²) in [5.74, 6) is -1.56. The molecule has 5 nitrogen and oxygen atoms in total. The van der Waals surface area contributed by atoms with E-state index in [0.29, 0.717) is 18.9 Å². The first-order valence-electron chi connectivity index (χ1n) is 15.5. The molecule has 0 aromatic heterocycles. The maximum Gasteiger partial charge on any atom is 0.471 e. The second kappa shape index (κ2) is 14.6. The lowest BCUT2D eigenvalue weighted by molar-refractivity contribution is -0.187. The van der Waals surface area contributed by atoms with Crippen LogP contribution in [0.25, 0.3) is 6.08 Å². The Morgan fingerprint density at radius 3 is 2.16 bits per heavy atom. The third kappa shape index (κ3) is 9.43. The number of hydrogen-bond acceptors (Lipinski definition) is 4. The van der Waals surface area contributed by atoms with E-state index in [1.165, 1.54) is 0 Å². The van der Waals surface area contributed by atoms with Crippen molar-refractivity contribution in [1.82, 2.24) is 10.2 Å². The number of nitrogens with zero attached hydrogens (tertiary/aromatic N) is 1. The summed E-state index contributed by atoms with van der Waals surface area (Å²) in [6.45, 7) is 7.36. The van der Waals surface area contributed by atoms with Crippen LogP contribution in [-0.4, -0.2) is 48.6 Å². The first-order chi connectivity index (χ1) is 20.5. The van der Waals surface area contributed by atoms with Gasteiger partial charge in [0.25, 0.3) is 0 Å². The number of alkyl halides is 3. The van der Waals surface area contributed by atoms with Gasteiger partial charge in [0.15, 0.2) is 0 Å². The second-order valence-corrected chi connectivity index (χ2v) is 12.8. The Hall–Kier alpha value is -3.13. The molecule has 8 heteroatoms. The molecular weight excluding hydrogens is 553 g/mol. The zero-order valence-corrected chi connectivity index (χ0v) is 25.5. The molecular formula is C35H45F3N2O3. The Morgan fingerprint density at radius 1 is 0.953 bits per heavy atom. The van der Waals surface area contributed by atoms with E-state index in [9.17, 15) is 22.8 Å². The van der Waals surface area contributed by atoms with E-state index < -0.39 is 23.5 Å². The van der Waals surface area contributed by atoms with Crippen LogP contribution in [0, 0.1) is 23.2 Å². The average molecular weight is 599 g/mol. The number of halogens is 3. The van der Waals surface area contributed by atoms with Gasteiger partial charge in [-0.3, -0.25) is 9.59 Å². The van der Waals surface area contributed by atoms with Crippen molar-refractivity contribution in [3.63, 3.8) is 0 Å². The molecule has 1 N–H and O–H groups in total. The van der Waals surface area contributed by atoms with Gasteiger partial charge in [0.1, 0.15) is 6.61 Å². The highest BCUT2D eigenvalue weighted by Crippen LogP contribution is 2.45. The number of hydrogen-bond donors (Lipinski definition) is 1. The molecule has 0 aliphatic heterocycles. The van der Waals surface area contributed by atoms with Crippen LogP contribution in [0.3, 0.4) is 0 Å². The van der Waals surface area contributed by atoms with Gasteiger partial charge in [-0.25, -0.2) is 0 Å². The van der Waals surface area contributed by atoms with Crippen molar-refractivity contribution in [3.8, 4) is 0 Å². The molecule has 1 amide bonds. The van der Waals surface area contributed by atoms with Crippen molar-refractivity contribution in [3.05, 3.63) is 77.4 Å². The number of esters is 1. The summed E-state index contributed by atoms with van der Waals surface area (Å²) in [6, 6.07) is 19.0. The van der Waals surface area contributed by atoms with Crippen molar-refractivity contribution < 1.29 is 27.5 Å². The molecule has 0 bridgehead atoms. The Balaban J connectivity index is 1.25. The fourth-order valence-corrected chi connectivity index (χ4v) is 6.17. The van der Waals surface area contributed by atoms with Crippen LogP contribution in [-0.2, 0) is 20.9 Å². The van der Waals surface area contributed by atoms with Gasteiger partial charge >= 0.3 is 18.1 Å². The molecule has 2 atom stereocenters. The Labute approximate surface area is 253 Å². The van der Waals surface area contributed by atoms with Gasteiger partial charge in [-0.2, -0.15) is 13.2 Å². The Morgan fingerprint density at radius 2 is 1.56 bits per heavy atom. The summed E-state index contributed by atoms with van der Waals surface area (Å²) < 4.78 is 46.4. The Kier molecular flexibility index (Phi) is 11.1. The largest absolute Gasteiger partial charge is 0.471 e. The number of benzene rings is 2. The third-order valence-corrected chi connectivity index (χ3v) is 8.88. The number of amides is 1. The average Bonchev–Trinajstić information content (AvgIpc) is 3.79. The van der Waals surface area contributed by atoms with Gasteiger partial charge in [0.2, 0.25) is 0 Å². The molecule has 2 saturated carbocycles. The minimum absolute atomic E-state index is 0.0280. The lowest BCUT2D eigenvalue weighted by atomic mass is 9.81. The van der Waals surface area contributed by atoms with E-state index in [4.69, 9.17) is 4.74 Å². The summed E-state index contributed by atoms with van der Waals surface area (Å²) in [7, 11) is 0. The first-order valence-corrected chi connectivity index (χ1v) is 15.5. The SMILES string of the molecule is CC/C(=C\c1ccccc1)[C@@H]1C[C@H]1N(CC1CCC(CNCC(C)(C)C(=O)OCc2ccccc2)CC1)C(=O)C(F)(F)F. The van der Waals surface area contributed by atoms with Gasteiger partial charge in [-0.15, -0.1) is 0 Å². The number of nitrogens with one attached hydrogen (secondary N) is 1. The van der Waals surface area contributed by atoms with E-state index in [1.807, 2.05) is 81.4 Å². The van der Waals surface area contributed by atoms with Crippen LogP contribution >= 0.6 is 0 Å². The predicted octanol–water partition coefficient (Wildman–Crippen LogP) is 7.43. The van der Waals surface area contributed by atoms with Gasteiger partial charge in [-0.1, -0.05) is 79.2 Å². The molecule has 0 spiro atoms. The molecule has 2 aromatic carbocycles. The van der Waals surface area contributed by atoms with Gasteiger partial charge in [0.05, 0.1) is 5.41 Å². The summed E-state index contributed by atoms with van der Waals surface area (Å²) in [4.78, 5) is 26.3. The van der Waals surface area contributed by atoms with Crippen LogP contribution in [0.2, 0.25) is 0 Å². The van der Waals surface area contributed by atoms with Crippen LogP contribution in [0.15, 0.2) is 66.2 Å². The minimum Gasteiger partial charge on any atom is -0.460 e. The standard InChI is InChI=1S/C35H45F3N2O3/c1-4-29(19-25-11-7-5-8-12-25)30-20-31(30)40(32(41)35(36,37)38)22-27-17-15-26(16-18-27)21-39-24-34(2,3)33(42)43-23-28-13-9-6-10-14-28/h5-14,19,26-27,30-31,39H,4,15-18,20-24H2,1-3H3/b29-19+/t26?,27?,30-,31+/m0/s1. The lowest BCUT2D eigenvalue weighted by Gasteiger charge is -2.34. The third-order valence-electron chi connectivity index (χ3n) is 8.88. The van der Waals surface area contributed by atoms with Crippen molar-refractivity contribution in [2.24, 2.45) is 23.2 Å². The molecule has 2 fully saturated rings. The van der Waals surface area contributed by atoms with Crippen LogP contribution < -0.4 is 5.32 Å². The van der Waals surface area contributed by atoms with Gasteiger partial charge in [0, 0.05) is 25.0 Å². The van der Waals surface area contributed by atoms with E-state index in [-0.39, 0.29) is 31.0 Å². The maximum atomic E-state index is 13.6. The number of ether oxygens (including phenoxy) is 1. The zero-order chi connectivity index (χ0) is 31.0. The first kappa shape index (κ1) is 32.8. The minimum atomic E-state index is -4.88. The maximum absolute atomic E-state index is 13.6. The normalized spacial score (nSPS) is 22.6. The quantitative estimate of drug-likeness (QED) is 0.244. The summed E-state index contributed by atoms with van der Waals surface area (Å²) in [5.41, 5.74) is 2.38. The molecule has 2 aromatic rings. The van der Waals surface area contributed by atoms with E-state index in [1.54, 1.807) is 0 Å². The highest BCUT2D eigenvalue weighted by molar-refractivity contribution is 5.82. The second-order valence-electron chi connectivity index (χ2n) is 12.8. The highest BCUT2D eigenvalue weighted by atomic mass is 19.4.